The number of fused-ring (bicyclic) bond motifs is 1. The molecular weight excluding hydrogens is 364 g/mol. The Hall–Kier alpha value is -2.80. The quantitative estimate of drug-likeness (QED) is 0.629. The summed E-state index contributed by atoms with van der Waals surface area (Å²) in [5, 5.41) is 8.17. The molecule has 1 fully saturated rings. The molecule has 27 heavy (non-hydrogen) atoms. The van der Waals surface area contributed by atoms with Crippen molar-refractivity contribution in [3.8, 4) is 0 Å². The number of benzene rings is 1. The molecule has 0 radical (unpaired) electrons. The highest BCUT2D eigenvalue weighted by atomic mass is 35.5. The summed E-state index contributed by atoms with van der Waals surface area (Å²) in [6.07, 6.45) is 5.34. The van der Waals surface area contributed by atoms with E-state index in [1.807, 2.05) is 35.4 Å². The lowest BCUT2D eigenvalue weighted by Crippen LogP contribution is -2.47. The molecule has 4 rings (SSSR count). The average molecular weight is 385 g/mol. The van der Waals surface area contributed by atoms with Gasteiger partial charge >= 0.3 is 0 Å². The van der Waals surface area contributed by atoms with E-state index in [4.69, 9.17) is 11.6 Å². The molecule has 1 unspecified atom stereocenters. The number of carbonyl (C=O) groups excluding carboxylic acids is 1. The molecule has 1 saturated heterocycles. The third-order valence-corrected chi connectivity index (χ3v) is 5.10. The van der Waals surface area contributed by atoms with E-state index in [1.54, 1.807) is 12.4 Å². The Morgan fingerprint density at radius 2 is 2.19 bits per heavy atom. The van der Waals surface area contributed by atoms with E-state index in [1.165, 1.54) is 0 Å². The Morgan fingerprint density at radius 1 is 1.30 bits per heavy atom. The van der Waals surface area contributed by atoms with Gasteiger partial charge in [-0.25, -0.2) is 9.97 Å². The lowest BCUT2D eigenvalue weighted by molar-refractivity contribution is -0.130. The number of anilines is 2. The summed E-state index contributed by atoms with van der Waals surface area (Å²) in [6, 6.07) is 9.55. The zero-order valence-electron chi connectivity index (χ0n) is 14.8. The van der Waals surface area contributed by atoms with Crippen LogP contribution in [0.2, 0.25) is 5.02 Å². The second kappa shape index (κ2) is 7.84. The molecule has 3 aromatic rings. The van der Waals surface area contributed by atoms with Crippen LogP contribution in [0.4, 0.5) is 11.5 Å². The van der Waals surface area contributed by atoms with Gasteiger partial charge in [0.25, 0.3) is 0 Å². The highest BCUT2D eigenvalue weighted by molar-refractivity contribution is 6.33. The van der Waals surface area contributed by atoms with Crippen molar-refractivity contribution in [2.75, 3.05) is 30.3 Å². The molecular formula is C19H21ClN6O. The number of hydrogen-bond acceptors (Lipinski definition) is 5. The number of aromatic nitrogens is 3. The van der Waals surface area contributed by atoms with Crippen LogP contribution >= 0.6 is 11.6 Å². The van der Waals surface area contributed by atoms with Gasteiger partial charge in [-0.1, -0.05) is 23.7 Å². The fourth-order valence-electron chi connectivity index (χ4n) is 3.39. The molecule has 7 nitrogen and oxygen atoms in total. The predicted molar refractivity (Wildman–Crippen MR) is 107 cm³/mol. The van der Waals surface area contributed by atoms with Gasteiger partial charge in [-0.05, 0) is 31.0 Å². The first kappa shape index (κ1) is 17.6. The van der Waals surface area contributed by atoms with Gasteiger partial charge in [0.1, 0.15) is 17.8 Å². The largest absolute Gasteiger partial charge is 0.375 e. The smallest absolute Gasteiger partial charge is 0.241 e. The number of nitrogens with zero attached hydrogens (tertiary/aromatic N) is 3. The van der Waals surface area contributed by atoms with Gasteiger partial charge < -0.3 is 20.5 Å². The average Bonchev–Trinajstić information content (AvgIpc) is 3.17. The zero-order valence-corrected chi connectivity index (χ0v) is 15.5. The van der Waals surface area contributed by atoms with E-state index < -0.39 is 0 Å². The van der Waals surface area contributed by atoms with Gasteiger partial charge in [0.05, 0.1) is 22.6 Å². The molecule has 1 aliphatic rings. The van der Waals surface area contributed by atoms with Gasteiger partial charge in [0.15, 0.2) is 0 Å². The van der Waals surface area contributed by atoms with Crippen molar-refractivity contribution in [3.63, 3.8) is 0 Å². The third-order valence-electron chi connectivity index (χ3n) is 4.77. The van der Waals surface area contributed by atoms with Crippen LogP contribution in [0, 0.1) is 0 Å². The normalized spacial score (nSPS) is 17.1. The molecule has 1 aliphatic heterocycles. The van der Waals surface area contributed by atoms with E-state index in [9.17, 15) is 4.79 Å². The fourth-order valence-corrected chi connectivity index (χ4v) is 3.59. The standard InChI is InChI=1S/C19H21ClN6O/c20-15-5-1-2-6-16(15)22-10-17(27)26-9-3-4-13(11-26)25-19-14-7-8-21-18(14)23-12-24-19/h1-2,5-8,12-13,22H,3-4,9-11H2,(H2,21,23,24,25). The van der Waals surface area contributed by atoms with Crippen LogP contribution in [0.25, 0.3) is 11.0 Å². The number of nitrogens with one attached hydrogen (secondary N) is 3. The van der Waals surface area contributed by atoms with Gasteiger partial charge in [0.2, 0.25) is 5.91 Å². The second-order valence-electron chi connectivity index (χ2n) is 6.62. The number of hydrogen-bond donors (Lipinski definition) is 3. The van der Waals surface area contributed by atoms with E-state index in [2.05, 4.69) is 25.6 Å². The predicted octanol–water partition coefficient (Wildman–Crippen LogP) is 3.13. The van der Waals surface area contributed by atoms with Crippen LogP contribution in [0.5, 0.6) is 0 Å². The van der Waals surface area contributed by atoms with E-state index in [0.717, 1.165) is 41.9 Å². The van der Waals surface area contributed by atoms with Crippen LogP contribution < -0.4 is 10.6 Å². The van der Waals surface area contributed by atoms with Gasteiger partial charge in [-0.2, -0.15) is 0 Å². The molecule has 3 N–H and O–H groups in total. The first-order valence-corrected chi connectivity index (χ1v) is 9.39. The molecule has 3 heterocycles. The van der Waals surface area contributed by atoms with E-state index >= 15 is 0 Å². The van der Waals surface area contributed by atoms with Crippen LogP contribution in [-0.2, 0) is 4.79 Å². The lowest BCUT2D eigenvalue weighted by Gasteiger charge is -2.33. The number of para-hydroxylation sites is 1. The molecule has 2 aromatic heterocycles. The summed E-state index contributed by atoms with van der Waals surface area (Å²) in [6.45, 7) is 1.65. The number of aromatic amines is 1. The fraction of sp³-hybridized carbons (Fsp3) is 0.316. The molecule has 8 heteroatoms. The minimum atomic E-state index is 0.0656. The topological polar surface area (TPSA) is 85.9 Å². The Bertz CT molecular complexity index is 943. The van der Waals surface area contributed by atoms with E-state index in [0.29, 0.717) is 11.6 Å². The van der Waals surface area contributed by atoms with Gasteiger partial charge in [-0.15, -0.1) is 0 Å². The van der Waals surface area contributed by atoms with Crippen molar-refractivity contribution >= 4 is 40.0 Å². The van der Waals surface area contributed by atoms with Crippen molar-refractivity contribution in [3.05, 3.63) is 47.9 Å². The molecule has 1 amide bonds. The summed E-state index contributed by atoms with van der Waals surface area (Å²) in [7, 11) is 0. The van der Waals surface area contributed by atoms with Gasteiger partial charge in [-0.3, -0.25) is 4.79 Å². The van der Waals surface area contributed by atoms with Crippen LogP contribution in [0.15, 0.2) is 42.9 Å². The van der Waals surface area contributed by atoms with Crippen molar-refractivity contribution in [1.29, 1.82) is 0 Å². The maximum Gasteiger partial charge on any atom is 0.241 e. The molecule has 0 aliphatic carbocycles. The Labute approximate surface area is 162 Å². The minimum absolute atomic E-state index is 0.0656. The number of halogens is 1. The lowest BCUT2D eigenvalue weighted by atomic mass is 10.1. The first-order chi connectivity index (χ1) is 13.2. The number of carbonyl (C=O) groups is 1. The molecule has 1 atom stereocenters. The summed E-state index contributed by atoms with van der Waals surface area (Å²) < 4.78 is 0. The molecule has 0 bridgehead atoms. The third kappa shape index (κ3) is 3.98. The highest BCUT2D eigenvalue weighted by Gasteiger charge is 2.24. The van der Waals surface area contributed by atoms with Crippen molar-refractivity contribution in [2.24, 2.45) is 0 Å². The number of piperidine rings is 1. The van der Waals surface area contributed by atoms with Gasteiger partial charge in [0, 0.05) is 25.3 Å². The summed E-state index contributed by atoms with van der Waals surface area (Å²) in [4.78, 5) is 26.2. The first-order valence-electron chi connectivity index (χ1n) is 9.01. The summed E-state index contributed by atoms with van der Waals surface area (Å²) in [5.41, 5.74) is 1.58. The number of rotatable bonds is 5. The van der Waals surface area contributed by atoms with Crippen LogP contribution in [0.3, 0.4) is 0 Å². The van der Waals surface area contributed by atoms with Crippen LogP contribution in [-0.4, -0.2) is 51.4 Å². The maximum absolute atomic E-state index is 12.6. The Balaban J connectivity index is 1.37. The number of H-pyrrole nitrogens is 1. The molecule has 140 valence electrons. The molecule has 1 aromatic carbocycles. The monoisotopic (exact) mass is 384 g/mol. The summed E-state index contributed by atoms with van der Waals surface area (Å²) in [5.74, 6) is 0.866. The molecule has 0 saturated carbocycles. The maximum atomic E-state index is 12.6. The zero-order chi connectivity index (χ0) is 18.6. The highest BCUT2D eigenvalue weighted by Crippen LogP contribution is 2.22. The molecule has 0 spiro atoms. The summed E-state index contributed by atoms with van der Waals surface area (Å²) >= 11 is 6.13. The number of likely N-dealkylation sites (tertiary alicyclic amines) is 1. The van der Waals surface area contributed by atoms with E-state index in [-0.39, 0.29) is 18.5 Å². The van der Waals surface area contributed by atoms with Crippen molar-refractivity contribution in [2.45, 2.75) is 18.9 Å². The Kier molecular flexibility index (Phi) is 5.11. The second-order valence-corrected chi connectivity index (χ2v) is 7.03. The SMILES string of the molecule is O=C(CNc1ccccc1Cl)N1CCCC(Nc2ncnc3[nH]ccc23)C1. The van der Waals surface area contributed by atoms with Crippen LogP contribution in [0.1, 0.15) is 12.8 Å². The Morgan fingerprint density at radius 3 is 3.07 bits per heavy atom. The van der Waals surface area contributed by atoms with Crippen molar-refractivity contribution < 1.29 is 4.79 Å². The van der Waals surface area contributed by atoms with Crippen molar-refractivity contribution in [1.82, 2.24) is 19.9 Å². The number of amides is 1. The minimum Gasteiger partial charge on any atom is -0.375 e.